The van der Waals surface area contributed by atoms with Gasteiger partial charge in [0.15, 0.2) is 0 Å². The second kappa shape index (κ2) is 7.23. The maximum absolute atomic E-state index is 3.51. The molecule has 1 atom stereocenters. The van der Waals surface area contributed by atoms with Crippen LogP contribution in [0.1, 0.15) is 50.1 Å². The van der Waals surface area contributed by atoms with Crippen molar-refractivity contribution in [3.05, 3.63) is 29.8 Å². The fourth-order valence-corrected chi connectivity index (χ4v) is 4.87. The van der Waals surface area contributed by atoms with E-state index in [0.717, 1.165) is 19.0 Å². The summed E-state index contributed by atoms with van der Waals surface area (Å²) in [6.07, 6.45) is 8.41. The Morgan fingerprint density at radius 1 is 0.826 bits per heavy atom. The molecule has 3 nitrogen and oxygen atoms in total. The van der Waals surface area contributed by atoms with Crippen LogP contribution in [-0.2, 0) is 0 Å². The molecule has 126 valence electrons. The third-order valence-corrected chi connectivity index (χ3v) is 6.10. The zero-order valence-corrected chi connectivity index (χ0v) is 14.3. The Bertz CT molecular complexity index is 480. The number of piperazine rings is 1. The minimum atomic E-state index is 0.646. The molecule has 3 fully saturated rings. The summed E-state index contributed by atoms with van der Waals surface area (Å²) in [7, 11) is 0. The molecule has 1 N–H and O–H groups in total. The molecular weight excluding hydrogens is 282 g/mol. The first kappa shape index (κ1) is 15.5. The van der Waals surface area contributed by atoms with Gasteiger partial charge in [-0.25, -0.2) is 0 Å². The Morgan fingerprint density at radius 2 is 1.48 bits per heavy atom. The Hall–Kier alpha value is -1.06. The van der Waals surface area contributed by atoms with Gasteiger partial charge in [-0.2, -0.15) is 0 Å². The van der Waals surface area contributed by atoms with Crippen LogP contribution in [0.4, 0.5) is 5.69 Å². The summed E-state index contributed by atoms with van der Waals surface area (Å²) in [4.78, 5) is 5.29. The molecule has 0 spiro atoms. The average Bonchev–Trinajstić information content (AvgIpc) is 3.31. The Kier molecular flexibility index (Phi) is 4.86. The zero-order valence-electron chi connectivity index (χ0n) is 14.3. The highest BCUT2D eigenvalue weighted by molar-refractivity contribution is 5.48. The number of rotatable bonds is 4. The molecule has 3 heteroatoms. The monoisotopic (exact) mass is 313 g/mol. The van der Waals surface area contributed by atoms with Crippen molar-refractivity contribution in [1.29, 1.82) is 0 Å². The number of hydrogen-bond donors (Lipinski definition) is 1. The van der Waals surface area contributed by atoms with Gasteiger partial charge in [0.1, 0.15) is 0 Å². The van der Waals surface area contributed by atoms with E-state index in [1.54, 1.807) is 5.56 Å². The van der Waals surface area contributed by atoms with Gasteiger partial charge < -0.3 is 10.2 Å². The maximum Gasteiger partial charge on any atom is 0.0377 e. The molecule has 3 aliphatic rings. The maximum atomic E-state index is 3.51. The highest BCUT2D eigenvalue weighted by atomic mass is 15.2. The van der Waals surface area contributed by atoms with E-state index in [2.05, 4.69) is 39.4 Å². The summed E-state index contributed by atoms with van der Waals surface area (Å²) in [6.45, 7) is 7.18. The molecular formula is C20H31N3. The minimum absolute atomic E-state index is 0.646. The largest absolute Gasteiger partial charge is 0.372 e. The fraction of sp³-hybridized carbons (Fsp3) is 0.700. The minimum Gasteiger partial charge on any atom is -0.372 e. The number of nitrogens with one attached hydrogen (secondary N) is 1. The van der Waals surface area contributed by atoms with E-state index < -0.39 is 0 Å². The lowest BCUT2D eigenvalue weighted by molar-refractivity contribution is 0.125. The molecule has 2 saturated heterocycles. The van der Waals surface area contributed by atoms with E-state index in [1.807, 2.05) is 0 Å². The molecule has 0 aromatic heterocycles. The number of hydrogen-bond acceptors (Lipinski definition) is 3. The molecule has 0 amide bonds. The van der Waals surface area contributed by atoms with Crippen molar-refractivity contribution in [2.24, 2.45) is 5.92 Å². The van der Waals surface area contributed by atoms with Crippen molar-refractivity contribution < 1.29 is 0 Å². The van der Waals surface area contributed by atoms with Crippen molar-refractivity contribution in [3.63, 3.8) is 0 Å². The molecule has 2 heterocycles. The van der Waals surface area contributed by atoms with Gasteiger partial charge in [-0.05, 0) is 49.3 Å². The van der Waals surface area contributed by atoms with Crippen LogP contribution < -0.4 is 10.2 Å². The van der Waals surface area contributed by atoms with Crippen molar-refractivity contribution in [2.75, 3.05) is 44.2 Å². The number of nitrogens with zero attached hydrogens (tertiary/aromatic N) is 2. The lowest BCUT2D eigenvalue weighted by Crippen LogP contribution is -2.46. The van der Waals surface area contributed by atoms with E-state index >= 15 is 0 Å². The molecule has 1 aromatic carbocycles. The Labute approximate surface area is 141 Å². The number of anilines is 1. The van der Waals surface area contributed by atoms with Crippen molar-refractivity contribution in [1.82, 2.24) is 10.2 Å². The third-order valence-electron chi connectivity index (χ3n) is 6.10. The summed E-state index contributed by atoms with van der Waals surface area (Å²) in [5, 5.41) is 3.51. The SMILES string of the molecule is c1cc(N2CCCC2)ccc1[C@@H](C1CCCC1)N1CCNCC1. The molecule has 4 rings (SSSR count). The topological polar surface area (TPSA) is 18.5 Å². The normalized spacial score (nSPS) is 25.1. The predicted octanol–water partition coefficient (Wildman–Crippen LogP) is 3.42. The standard InChI is InChI=1S/C20H31N3/c1-2-6-17(5-1)20(23-15-11-21-12-16-23)18-7-9-19(10-8-18)22-13-3-4-14-22/h7-10,17,20-21H,1-6,11-16H2/t20-/m1/s1. The molecule has 23 heavy (non-hydrogen) atoms. The van der Waals surface area contributed by atoms with Crippen molar-refractivity contribution in [2.45, 2.75) is 44.6 Å². The lowest BCUT2D eigenvalue weighted by Gasteiger charge is -2.39. The molecule has 1 saturated carbocycles. The number of benzene rings is 1. The van der Waals surface area contributed by atoms with Crippen LogP contribution in [0.25, 0.3) is 0 Å². The van der Waals surface area contributed by atoms with Gasteiger partial charge >= 0.3 is 0 Å². The average molecular weight is 313 g/mol. The summed E-state index contributed by atoms with van der Waals surface area (Å²) in [6, 6.07) is 10.3. The summed E-state index contributed by atoms with van der Waals surface area (Å²) >= 11 is 0. The van der Waals surface area contributed by atoms with E-state index in [1.165, 1.54) is 70.4 Å². The van der Waals surface area contributed by atoms with Crippen LogP contribution in [-0.4, -0.2) is 44.2 Å². The van der Waals surface area contributed by atoms with E-state index in [9.17, 15) is 0 Å². The van der Waals surface area contributed by atoms with E-state index in [4.69, 9.17) is 0 Å². The second-order valence-electron chi connectivity index (χ2n) is 7.56. The Morgan fingerprint density at radius 3 is 2.13 bits per heavy atom. The second-order valence-corrected chi connectivity index (χ2v) is 7.56. The summed E-state index contributed by atoms with van der Waals surface area (Å²) < 4.78 is 0. The van der Waals surface area contributed by atoms with E-state index in [-0.39, 0.29) is 0 Å². The van der Waals surface area contributed by atoms with Crippen LogP contribution in [0.2, 0.25) is 0 Å². The predicted molar refractivity (Wildman–Crippen MR) is 97.0 cm³/mol. The highest BCUT2D eigenvalue weighted by Gasteiger charge is 2.31. The molecule has 1 aliphatic carbocycles. The van der Waals surface area contributed by atoms with Gasteiger partial charge in [-0.15, -0.1) is 0 Å². The smallest absolute Gasteiger partial charge is 0.0377 e. The van der Waals surface area contributed by atoms with Gasteiger partial charge in [0, 0.05) is 51.0 Å². The first-order valence-electron chi connectivity index (χ1n) is 9.71. The van der Waals surface area contributed by atoms with Crippen LogP contribution in [0, 0.1) is 5.92 Å². The quantitative estimate of drug-likeness (QED) is 0.919. The molecule has 0 radical (unpaired) electrons. The molecule has 2 aliphatic heterocycles. The van der Waals surface area contributed by atoms with Crippen LogP contribution in [0.5, 0.6) is 0 Å². The highest BCUT2D eigenvalue weighted by Crippen LogP contribution is 2.40. The van der Waals surface area contributed by atoms with Gasteiger partial charge in [-0.1, -0.05) is 25.0 Å². The molecule has 0 unspecified atom stereocenters. The van der Waals surface area contributed by atoms with Crippen LogP contribution in [0.15, 0.2) is 24.3 Å². The zero-order chi connectivity index (χ0) is 15.5. The first-order valence-corrected chi connectivity index (χ1v) is 9.71. The lowest BCUT2D eigenvalue weighted by atomic mass is 9.89. The first-order chi connectivity index (χ1) is 11.4. The molecule has 0 bridgehead atoms. The summed E-state index contributed by atoms with van der Waals surface area (Å²) in [5.41, 5.74) is 2.98. The Balaban J connectivity index is 1.54. The van der Waals surface area contributed by atoms with Crippen LogP contribution in [0.3, 0.4) is 0 Å². The van der Waals surface area contributed by atoms with Crippen LogP contribution >= 0.6 is 0 Å². The van der Waals surface area contributed by atoms with Gasteiger partial charge in [0.2, 0.25) is 0 Å². The van der Waals surface area contributed by atoms with Crippen molar-refractivity contribution in [3.8, 4) is 0 Å². The van der Waals surface area contributed by atoms with E-state index in [0.29, 0.717) is 6.04 Å². The summed E-state index contributed by atoms with van der Waals surface area (Å²) in [5.74, 6) is 0.866. The molecule has 1 aromatic rings. The van der Waals surface area contributed by atoms with Gasteiger partial charge in [0.25, 0.3) is 0 Å². The third kappa shape index (κ3) is 3.41. The van der Waals surface area contributed by atoms with Gasteiger partial charge in [0.05, 0.1) is 0 Å². The van der Waals surface area contributed by atoms with Crippen molar-refractivity contribution >= 4 is 5.69 Å². The van der Waals surface area contributed by atoms with Gasteiger partial charge in [-0.3, -0.25) is 4.90 Å². The fourth-order valence-electron chi connectivity index (χ4n) is 4.87.